The largest absolute Gasteiger partial charge is 0.493 e. The average molecular weight is 336 g/mol. The monoisotopic (exact) mass is 336 g/mol. The number of methoxy groups -OCH3 is 3. The number of rotatable bonds is 9. The van der Waals surface area contributed by atoms with Crippen LogP contribution in [0.1, 0.15) is 24.0 Å². The van der Waals surface area contributed by atoms with Crippen LogP contribution in [-0.2, 0) is 22.5 Å². The van der Waals surface area contributed by atoms with Crippen LogP contribution in [-0.4, -0.2) is 58.4 Å². The van der Waals surface area contributed by atoms with Crippen LogP contribution >= 0.6 is 0 Å². The van der Waals surface area contributed by atoms with Crippen LogP contribution in [0, 0.1) is 0 Å². The molecule has 24 heavy (non-hydrogen) atoms. The minimum absolute atomic E-state index is 0.101. The Labute approximate surface area is 144 Å². The standard InChI is InChI=1S/C18H28N2O4/c1-22-10-4-7-19-18(21)6-9-20-8-5-14-11-16(23-2)17(24-3)12-15(14)13-20/h11-12H,4-10,13H2,1-3H3,(H,19,21). The Morgan fingerprint density at radius 3 is 2.54 bits per heavy atom. The maximum absolute atomic E-state index is 11.9. The fourth-order valence-electron chi connectivity index (χ4n) is 2.92. The average Bonchev–Trinajstić information content (AvgIpc) is 2.62. The highest BCUT2D eigenvalue weighted by molar-refractivity contribution is 5.76. The topological polar surface area (TPSA) is 60.0 Å². The normalized spacial score (nSPS) is 14.1. The van der Waals surface area contributed by atoms with Crippen molar-refractivity contribution < 1.29 is 19.0 Å². The van der Waals surface area contributed by atoms with Gasteiger partial charge in [-0.15, -0.1) is 0 Å². The second-order valence-corrected chi connectivity index (χ2v) is 5.95. The number of carbonyl (C=O) groups is 1. The molecule has 0 atom stereocenters. The van der Waals surface area contributed by atoms with Crippen molar-refractivity contribution in [2.24, 2.45) is 0 Å². The Bertz CT molecular complexity index is 548. The molecular weight excluding hydrogens is 308 g/mol. The van der Waals surface area contributed by atoms with Gasteiger partial charge in [-0.1, -0.05) is 0 Å². The molecule has 1 N–H and O–H groups in total. The molecule has 1 aliphatic rings. The molecule has 0 radical (unpaired) electrons. The summed E-state index contributed by atoms with van der Waals surface area (Å²) in [6.45, 7) is 3.91. The van der Waals surface area contributed by atoms with Crippen LogP contribution in [0.2, 0.25) is 0 Å². The van der Waals surface area contributed by atoms with Gasteiger partial charge in [0.25, 0.3) is 0 Å². The third-order valence-electron chi connectivity index (χ3n) is 4.30. The summed E-state index contributed by atoms with van der Waals surface area (Å²) in [6, 6.07) is 4.11. The fraction of sp³-hybridized carbons (Fsp3) is 0.611. The zero-order chi connectivity index (χ0) is 17.4. The van der Waals surface area contributed by atoms with Crippen molar-refractivity contribution in [2.75, 3.05) is 47.6 Å². The first kappa shape index (κ1) is 18.5. The van der Waals surface area contributed by atoms with Crippen molar-refractivity contribution in [1.82, 2.24) is 10.2 Å². The van der Waals surface area contributed by atoms with Gasteiger partial charge in [-0.05, 0) is 36.1 Å². The van der Waals surface area contributed by atoms with Gasteiger partial charge in [0.15, 0.2) is 11.5 Å². The Morgan fingerprint density at radius 2 is 1.88 bits per heavy atom. The van der Waals surface area contributed by atoms with E-state index in [1.807, 2.05) is 6.07 Å². The lowest BCUT2D eigenvalue weighted by Crippen LogP contribution is -2.35. The Morgan fingerprint density at radius 1 is 1.17 bits per heavy atom. The Balaban J connectivity index is 1.83. The molecular formula is C18H28N2O4. The van der Waals surface area contributed by atoms with E-state index in [-0.39, 0.29) is 5.91 Å². The summed E-state index contributed by atoms with van der Waals surface area (Å²) in [5.41, 5.74) is 2.55. The van der Waals surface area contributed by atoms with Gasteiger partial charge in [-0.3, -0.25) is 9.69 Å². The van der Waals surface area contributed by atoms with Crippen LogP contribution in [0.3, 0.4) is 0 Å². The molecule has 0 spiro atoms. The predicted octanol–water partition coefficient (Wildman–Crippen LogP) is 1.60. The zero-order valence-corrected chi connectivity index (χ0v) is 14.9. The van der Waals surface area contributed by atoms with Gasteiger partial charge in [-0.25, -0.2) is 0 Å². The van der Waals surface area contributed by atoms with Gasteiger partial charge in [0.1, 0.15) is 0 Å². The minimum atomic E-state index is 0.101. The molecule has 1 aromatic carbocycles. The molecule has 0 aromatic heterocycles. The lowest BCUT2D eigenvalue weighted by atomic mass is 9.98. The van der Waals surface area contributed by atoms with E-state index < -0.39 is 0 Å². The summed E-state index contributed by atoms with van der Waals surface area (Å²) in [7, 11) is 4.98. The van der Waals surface area contributed by atoms with E-state index >= 15 is 0 Å². The third-order valence-corrected chi connectivity index (χ3v) is 4.30. The van der Waals surface area contributed by atoms with E-state index in [9.17, 15) is 4.79 Å². The first-order valence-electron chi connectivity index (χ1n) is 8.39. The number of ether oxygens (including phenoxy) is 3. The van der Waals surface area contributed by atoms with E-state index in [4.69, 9.17) is 14.2 Å². The van der Waals surface area contributed by atoms with Gasteiger partial charge in [-0.2, -0.15) is 0 Å². The summed E-state index contributed by atoms with van der Waals surface area (Å²) in [5.74, 6) is 1.64. The summed E-state index contributed by atoms with van der Waals surface area (Å²) in [6.07, 6.45) is 2.34. The molecule has 1 amide bonds. The van der Waals surface area contributed by atoms with Crippen LogP contribution in [0.5, 0.6) is 11.5 Å². The van der Waals surface area contributed by atoms with E-state index in [0.717, 1.165) is 44.0 Å². The first-order valence-corrected chi connectivity index (χ1v) is 8.39. The number of nitrogens with zero attached hydrogens (tertiary/aromatic N) is 1. The zero-order valence-electron chi connectivity index (χ0n) is 14.9. The number of benzene rings is 1. The van der Waals surface area contributed by atoms with Gasteiger partial charge < -0.3 is 19.5 Å². The molecule has 1 heterocycles. The third kappa shape index (κ3) is 5.11. The number of hydrogen-bond acceptors (Lipinski definition) is 5. The maximum Gasteiger partial charge on any atom is 0.221 e. The van der Waals surface area contributed by atoms with Gasteiger partial charge in [0, 0.05) is 46.3 Å². The number of carbonyl (C=O) groups excluding carboxylic acids is 1. The van der Waals surface area contributed by atoms with Crippen molar-refractivity contribution in [1.29, 1.82) is 0 Å². The number of amides is 1. The Kier molecular flexibility index (Phi) is 7.34. The molecule has 2 rings (SSSR count). The molecule has 0 saturated heterocycles. The molecule has 134 valence electrons. The van der Waals surface area contributed by atoms with Crippen LogP contribution in [0.25, 0.3) is 0 Å². The fourth-order valence-corrected chi connectivity index (χ4v) is 2.92. The molecule has 0 bridgehead atoms. The van der Waals surface area contributed by atoms with E-state index in [1.165, 1.54) is 11.1 Å². The van der Waals surface area contributed by atoms with Crippen molar-refractivity contribution >= 4 is 5.91 Å². The molecule has 1 aromatic rings. The van der Waals surface area contributed by atoms with Crippen molar-refractivity contribution in [2.45, 2.75) is 25.8 Å². The number of fused-ring (bicyclic) bond motifs is 1. The lowest BCUT2D eigenvalue weighted by Gasteiger charge is -2.29. The summed E-state index contributed by atoms with van der Waals surface area (Å²) in [4.78, 5) is 14.2. The first-order chi connectivity index (χ1) is 11.7. The van der Waals surface area contributed by atoms with Crippen molar-refractivity contribution in [3.8, 4) is 11.5 Å². The van der Waals surface area contributed by atoms with E-state index in [1.54, 1.807) is 21.3 Å². The molecule has 6 heteroatoms. The van der Waals surface area contributed by atoms with Crippen LogP contribution < -0.4 is 14.8 Å². The highest BCUT2D eigenvalue weighted by Crippen LogP contribution is 2.33. The molecule has 0 saturated carbocycles. The number of hydrogen-bond donors (Lipinski definition) is 1. The smallest absolute Gasteiger partial charge is 0.221 e. The second kappa shape index (κ2) is 9.49. The van der Waals surface area contributed by atoms with Crippen molar-refractivity contribution in [3.05, 3.63) is 23.3 Å². The maximum atomic E-state index is 11.9. The molecule has 0 aliphatic carbocycles. The van der Waals surface area contributed by atoms with E-state index in [2.05, 4.69) is 16.3 Å². The van der Waals surface area contributed by atoms with Gasteiger partial charge >= 0.3 is 0 Å². The molecule has 0 fully saturated rings. The summed E-state index contributed by atoms with van der Waals surface area (Å²) < 4.78 is 15.7. The molecule has 6 nitrogen and oxygen atoms in total. The summed E-state index contributed by atoms with van der Waals surface area (Å²) in [5, 5.41) is 2.93. The molecule has 0 unspecified atom stereocenters. The van der Waals surface area contributed by atoms with Gasteiger partial charge in [0.2, 0.25) is 5.91 Å². The van der Waals surface area contributed by atoms with Crippen LogP contribution in [0.15, 0.2) is 12.1 Å². The molecule has 1 aliphatic heterocycles. The van der Waals surface area contributed by atoms with Crippen molar-refractivity contribution in [3.63, 3.8) is 0 Å². The number of nitrogens with one attached hydrogen (secondary N) is 1. The summed E-state index contributed by atoms with van der Waals surface area (Å²) >= 11 is 0. The van der Waals surface area contributed by atoms with Gasteiger partial charge in [0.05, 0.1) is 14.2 Å². The van der Waals surface area contributed by atoms with E-state index in [0.29, 0.717) is 19.6 Å². The highest BCUT2D eigenvalue weighted by Gasteiger charge is 2.19. The lowest BCUT2D eigenvalue weighted by molar-refractivity contribution is -0.121. The highest BCUT2D eigenvalue weighted by atomic mass is 16.5. The van der Waals surface area contributed by atoms with Crippen LogP contribution in [0.4, 0.5) is 0 Å². The second-order valence-electron chi connectivity index (χ2n) is 5.95. The quantitative estimate of drug-likeness (QED) is 0.694. The Hall–Kier alpha value is -1.79. The SMILES string of the molecule is COCCCNC(=O)CCN1CCc2cc(OC)c(OC)cc2C1. The predicted molar refractivity (Wildman–Crippen MR) is 92.6 cm³/mol. The minimum Gasteiger partial charge on any atom is -0.493 e.